The van der Waals surface area contributed by atoms with Gasteiger partial charge >= 0.3 is 0 Å². The smallest absolute Gasteiger partial charge is 0.237 e. The van der Waals surface area contributed by atoms with Crippen LogP contribution < -0.4 is 10.6 Å². The number of carbonyl (C=O) groups excluding carboxylic acids is 2. The number of benzene rings is 1. The molecule has 0 bridgehead atoms. The number of anilines is 2. The Morgan fingerprint density at radius 2 is 1.78 bits per heavy atom. The number of nitrogens with zero attached hydrogens (tertiary/aromatic N) is 1. The van der Waals surface area contributed by atoms with Crippen molar-refractivity contribution in [2.24, 2.45) is 11.8 Å². The lowest BCUT2D eigenvalue weighted by molar-refractivity contribution is -0.122. The summed E-state index contributed by atoms with van der Waals surface area (Å²) in [6.45, 7) is 0. The first kappa shape index (κ1) is 11.7. The molecular formula is C13H13BrN2O2. The maximum absolute atomic E-state index is 12.3. The molecule has 0 spiro atoms. The first-order valence-corrected chi connectivity index (χ1v) is 6.81. The van der Waals surface area contributed by atoms with Gasteiger partial charge in [-0.2, -0.15) is 0 Å². The van der Waals surface area contributed by atoms with Crippen LogP contribution in [0.3, 0.4) is 0 Å². The van der Waals surface area contributed by atoms with E-state index in [2.05, 4.69) is 15.9 Å². The van der Waals surface area contributed by atoms with Crippen molar-refractivity contribution in [1.29, 1.82) is 0 Å². The minimum atomic E-state index is -0.124. The van der Waals surface area contributed by atoms with Crippen LogP contribution in [0.1, 0.15) is 19.3 Å². The van der Waals surface area contributed by atoms with Crippen molar-refractivity contribution >= 4 is 39.1 Å². The molecule has 2 fully saturated rings. The first-order valence-electron chi connectivity index (χ1n) is 6.02. The fourth-order valence-electron chi connectivity index (χ4n) is 2.96. The molecule has 2 aliphatic rings. The van der Waals surface area contributed by atoms with E-state index in [1.165, 1.54) is 4.90 Å². The molecule has 2 amide bonds. The number of hydrogen-bond acceptors (Lipinski definition) is 3. The quantitative estimate of drug-likeness (QED) is 0.639. The number of nitrogen functional groups attached to an aromatic ring is 1. The van der Waals surface area contributed by atoms with E-state index in [4.69, 9.17) is 5.73 Å². The number of rotatable bonds is 1. The Bertz CT molecular complexity index is 522. The van der Waals surface area contributed by atoms with E-state index >= 15 is 0 Å². The van der Waals surface area contributed by atoms with Gasteiger partial charge in [-0.05, 0) is 31.0 Å². The number of hydrogen-bond donors (Lipinski definition) is 1. The highest BCUT2D eigenvalue weighted by molar-refractivity contribution is 9.10. The minimum Gasteiger partial charge on any atom is -0.397 e. The van der Waals surface area contributed by atoms with Crippen LogP contribution in [-0.4, -0.2) is 11.8 Å². The molecule has 94 valence electrons. The summed E-state index contributed by atoms with van der Waals surface area (Å²) in [5.41, 5.74) is 6.87. The van der Waals surface area contributed by atoms with Gasteiger partial charge in [-0.15, -0.1) is 0 Å². The van der Waals surface area contributed by atoms with Crippen LogP contribution in [0, 0.1) is 11.8 Å². The summed E-state index contributed by atoms with van der Waals surface area (Å²) in [6.07, 6.45) is 2.61. The summed E-state index contributed by atoms with van der Waals surface area (Å²) in [5.74, 6) is -0.422. The normalized spacial score (nSPS) is 26.8. The summed E-state index contributed by atoms with van der Waals surface area (Å²) >= 11 is 3.32. The van der Waals surface area contributed by atoms with E-state index in [-0.39, 0.29) is 23.7 Å². The van der Waals surface area contributed by atoms with Crippen LogP contribution in [-0.2, 0) is 9.59 Å². The van der Waals surface area contributed by atoms with Crippen molar-refractivity contribution in [2.45, 2.75) is 19.3 Å². The maximum Gasteiger partial charge on any atom is 0.237 e. The summed E-state index contributed by atoms with van der Waals surface area (Å²) in [4.78, 5) is 25.8. The molecule has 4 nitrogen and oxygen atoms in total. The van der Waals surface area contributed by atoms with E-state index < -0.39 is 0 Å². The lowest BCUT2D eigenvalue weighted by Crippen LogP contribution is -2.32. The molecule has 1 heterocycles. The molecule has 3 rings (SSSR count). The lowest BCUT2D eigenvalue weighted by Gasteiger charge is -2.18. The number of fused-ring (bicyclic) bond motifs is 1. The highest BCUT2D eigenvalue weighted by Gasteiger charge is 2.50. The zero-order valence-corrected chi connectivity index (χ0v) is 11.3. The van der Waals surface area contributed by atoms with Crippen LogP contribution >= 0.6 is 15.9 Å². The number of nitrogens with two attached hydrogens (primary N) is 1. The molecule has 2 N–H and O–H groups in total. The highest BCUT2D eigenvalue weighted by atomic mass is 79.9. The molecule has 2 unspecified atom stereocenters. The largest absolute Gasteiger partial charge is 0.397 e. The highest BCUT2D eigenvalue weighted by Crippen LogP contribution is 2.43. The third-order valence-corrected chi connectivity index (χ3v) is 4.31. The minimum absolute atomic E-state index is 0.0866. The van der Waals surface area contributed by atoms with Crippen molar-refractivity contribution in [3.05, 3.63) is 22.7 Å². The molecule has 0 aromatic heterocycles. The fraction of sp³-hybridized carbons (Fsp3) is 0.385. The van der Waals surface area contributed by atoms with Crippen molar-refractivity contribution in [3.63, 3.8) is 0 Å². The summed E-state index contributed by atoms with van der Waals surface area (Å²) < 4.78 is 0.836. The molecule has 1 aromatic rings. The second-order valence-corrected chi connectivity index (χ2v) is 5.77. The molecule has 1 aliphatic carbocycles. The van der Waals surface area contributed by atoms with Crippen LogP contribution in [0.25, 0.3) is 0 Å². The van der Waals surface area contributed by atoms with Crippen LogP contribution in [0.5, 0.6) is 0 Å². The average molecular weight is 309 g/mol. The molecule has 1 aromatic carbocycles. The van der Waals surface area contributed by atoms with Gasteiger partial charge in [0, 0.05) is 4.47 Å². The number of carbonyl (C=O) groups is 2. The van der Waals surface area contributed by atoms with Crippen molar-refractivity contribution in [2.75, 3.05) is 10.6 Å². The third kappa shape index (κ3) is 1.57. The van der Waals surface area contributed by atoms with Crippen molar-refractivity contribution < 1.29 is 9.59 Å². The van der Waals surface area contributed by atoms with Crippen LogP contribution in [0.2, 0.25) is 0 Å². The Labute approximate surface area is 113 Å². The van der Waals surface area contributed by atoms with E-state index in [9.17, 15) is 9.59 Å². The third-order valence-electron chi connectivity index (χ3n) is 3.82. The fourth-order valence-corrected chi connectivity index (χ4v) is 3.34. The molecule has 18 heavy (non-hydrogen) atoms. The maximum atomic E-state index is 12.3. The average Bonchev–Trinajstić information content (AvgIpc) is 2.87. The zero-order valence-electron chi connectivity index (χ0n) is 9.73. The molecule has 0 radical (unpaired) electrons. The Morgan fingerprint density at radius 1 is 1.17 bits per heavy atom. The molecule has 1 saturated carbocycles. The molecule has 5 heteroatoms. The second kappa shape index (κ2) is 4.09. The van der Waals surface area contributed by atoms with E-state index in [1.54, 1.807) is 18.2 Å². The van der Waals surface area contributed by atoms with E-state index in [1.807, 2.05) is 0 Å². The van der Waals surface area contributed by atoms with Gasteiger partial charge in [0.05, 0.1) is 23.2 Å². The topological polar surface area (TPSA) is 63.4 Å². The van der Waals surface area contributed by atoms with Crippen molar-refractivity contribution in [1.82, 2.24) is 0 Å². The van der Waals surface area contributed by atoms with Gasteiger partial charge in [-0.1, -0.05) is 22.4 Å². The van der Waals surface area contributed by atoms with Gasteiger partial charge in [0.25, 0.3) is 0 Å². The molecular weight excluding hydrogens is 296 g/mol. The predicted octanol–water partition coefficient (Wildman–Crippen LogP) is 2.32. The monoisotopic (exact) mass is 308 g/mol. The Balaban J connectivity index is 2.02. The van der Waals surface area contributed by atoms with Crippen LogP contribution in [0.15, 0.2) is 22.7 Å². The van der Waals surface area contributed by atoms with E-state index in [0.29, 0.717) is 11.4 Å². The molecule has 1 saturated heterocycles. The first-order chi connectivity index (χ1) is 8.59. The Hall–Kier alpha value is -1.36. The summed E-state index contributed by atoms with van der Waals surface area (Å²) in [6, 6.07) is 5.22. The summed E-state index contributed by atoms with van der Waals surface area (Å²) in [7, 11) is 0. The molecule has 1 aliphatic heterocycles. The number of amides is 2. The predicted molar refractivity (Wildman–Crippen MR) is 71.9 cm³/mol. The Kier molecular flexibility index (Phi) is 2.66. The van der Waals surface area contributed by atoms with Gasteiger partial charge in [-0.25, -0.2) is 4.90 Å². The van der Waals surface area contributed by atoms with Gasteiger partial charge in [-0.3, -0.25) is 9.59 Å². The standard InChI is InChI=1S/C13H13BrN2O2/c14-7-4-5-11(10(15)6-7)16-12(17)8-2-1-3-9(8)13(16)18/h4-6,8-9H,1-3,15H2. The van der Waals surface area contributed by atoms with Crippen molar-refractivity contribution in [3.8, 4) is 0 Å². The number of imide groups is 1. The van der Waals surface area contributed by atoms with Gasteiger partial charge in [0.15, 0.2) is 0 Å². The lowest BCUT2D eigenvalue weighted by atomic mass is 10.00. The SMILES string of the molecule is Nc1cc(Br)ccc1N1C(=O)C2CCCC2C1=O. The Morgan fingerprint density at radius 3 is 2.33 bits per heavy atom. The second-order valence-electron chi connectivity index (χ2n) is 4.86. The zero-order chi connectivity index (χ0) is 12.9. The summed E-state index contributed by atoms with van der Waals surface area (Å²) in [5, 5.41) is 0. The van der Waals surface area contributed by atoms with Gasteiger partial charge < -0.3 is 5.73 Å². The van der Waals surface area contributed by atoms with Gasteiger partial charge in [0.1, 0.15) is 0 Å². The molecule has 2 atom stereocenters. The number of halogens is 1. The van der Waals surface area contributed by atoms with Crippen LogP contribution in [0.4, 0.5) is 11.4 Å². The van der Waals surface area contributed by atoms with Gasteiger partial charge in [0.2, 0.25) is 11.8 Å². The van der Waals surface area contributed by atoms with E-state index in [0.717, 1.165) is 23.7 Å².